The van der Waals surface area contributed by atoms with Gasteiger partial charge in [-0.15, -0.1) is 0 Å². The summed E-state index contributed by atoms with van der Waals surface area (Å²) in [6.45, 7) is 4.71. The van der Waals surface area contributed by atoms with Gasteiger partial charge >= 0.3 is 12.1 Å². The third-order valence-corrected chi connectivity index (χ3v) is 2.25. The van der Waals surface area contributed by atoms with E-state index in [4.69, 9.17) is 9.47 Å². The van der Waals surface area contributed by atoms with Gasteiger partial charge in [0.25, 0.3) is 0 Å². The van der Waals surface area contributed by atoms with Gasteiger partial charge in [0.05, 0.1) is 13.2 Å². The van der Waals surface area contributed by atoms with Crippen molar-refractivity contribution in [2.45, 2.75) is 32.7 Å². The van der Waals surface area contributed by atoms with Crippen LogP contribution < -0.4 is 5.43 Å². The van der Waals surface area contributed by atoms with Crippen molar-refractivity contribution in [3.05, 3.63) is 0 Å². The van der Waals surface area contributed by atoms with Gasteiger partial charge in [-0.1, -0.05) is 0 Å². The van der Waals surface area contributed by atoms with Gasteiger partial charge in [-0.25, -0.2) is 15.2 Å². The van der Waals surface area contributed by atoms with Gasteiger partial charge in [-0.3, -0.25) is 4.79 Å². The van der Waals surface area contributed by atoms with Gasteiger partial charge < -0.3 is 9.47 Å². The van der Waals surface area contributed by atoms with Crippen LogP contribution in [0.25, 0.3) is 0 Å². The summed E-state index contributed by atoms with van der Waals surface area (Å²) in [4.78, 5) is 22.9. The second kappa shape index (κ2) is 6.32. The lowest BCUT2D eigenvalue weighted by Crippen LogP contribution is -2.55. The van der Waals surface area contributed by atoms with E-state index in [2.05, 4.69) is 5.43 Å². The van der Waals surface area contributed by atoms with Crippen molar-refractivity contribution in [1.29, 1.82) is 0 Å². The SMILES string of the molecule is CCOC(=O)C1CCCN(C(=O)OCC)N1. The van der Waals surface area contributed by atoms with E-state index in [9.17, 15) is 9.59 Å². The first-order valence-corrected chi connectivity index (χ1v) is 5.56. The molecule has 0 aliphatic carbocycles. The molecule has 6 heteroatoms. The van der Waals surface area contributed by atoms with Crippen LogP contribution in [0.4, 0.5) is 4.79 Å². The summed E-state index contributed by atoms with van der Waals surface area (Å²) < 4.78 is 9.73. The van der Waals surface area contributed by atoms with Crippen molar-refractivity contribution in [3.63, 3.8) is 0 Å². The first-order valence-electron chi connectivity index (χ1n) is 5.56. The Morgan fingerprint density at radius 1 is 1.31 bits per heavy atom. The molecule has 92 valence electrons. The molecule has 0 aromatic heterocycles. The predicted molar refractivity (Wildman–Crippen MR) is 56.5 cm³/mol. The summed E-state index contributed by atoms with van der Waals surface area (Å²) in [5, 5.41) is 1.33. The van der Waals surface area contributed by atoms with E-state index in [0.29, 0.717) is 26.2 Å². The van der Waals surface area contributed by atoms with Crippen LogP contribution in [-0.4, -0.2) is 42.9 Å². The number of hydrazine groups is 1. The van der Waals surface area contributed by atoms with E-state index in [-0.39, 0.29) is 5.97 Å². The highest BCUT2D eigenvalue weighted by atomic mass is 16.6. The molecule has 1 rings (SSSR count). The van der Waals surface area contributed by atoms with E-state index in [1.165, 1.54) is 5.01 Å². The topological polar surface area (TPSA) is 67.9 Å². The number of hydrogen-bond acceptors (Lipinski definition) is 5. The van der Waals surface area contributed by atoms with Gasteiger partial charge in [0.2, 0.25) is 0 Å². The number of amides is 1. The maximum absolute atomic E-state index is 11.5. The molecule has 0 radical (unpaired) electrons. The molecule has 0 bridgehead atoms. The third kappa shape index (κ3) is 3.37. The van der Waals surface area contributed by atoms with Gasteiger partial charge in [0.15, 0.2) is 0 Å². The maximum atomic E-state index is 11.5. The van der Waals surface area contributed by atoms with E-state index in [1.54, 1.807) is 13.8 Å². The molecular formula is C10H18N2O4. The van der Waals surface area contributed by atoms with Crippen LogP contribution in [0.1, 0.15) is 26.7 Å². The van der Waals surface area contributed by atoms with Crippen LogP contribution in [0.3, 0.4) is 0 Å². The minimum absolute atomic E-state index is 0.321. The molecule has 1 heterocycles. The number of nitrogens with zero attached hydrogens (tertiary/aromatic N) is 1. The lowest BCUT2D eigenvalue weighted by atomic mass is 10.1. The Morgan fingerprint density at radius 2 is 2.00 bits per heavy atom. The number of rotatable bonds is 3. The second-order valence-corrected chi connectivity index (χ2v) is 3.43. The van der Waals surface area contributed by atoms with Gasteiger partial charge in [0, 0.05) is 6.54 Å². The molecule has 0 aromatic carbocycles. The highest BCUT2D eigenvalue weighted by molar-refractivity contribution is 5.76. The number of carbonyl (C=O) groups is 2. The zero-order valence-corrected chi connectivity index (χ0v) is 9.69. The highest BCUT2D eigenvalue weighted by Gasteiger charge is 2.29. The largest absolute Gasteiger partial charge is 0.465 e. The van der Waals surface area contributed by atoms with Crippen molar-refractivity contribution < 1.29 is 19.1 Å². The van der Waals surface area contributed by atoms with Crippen molar-refractivity contribution in [1.82, 2.24) is 10.4 Å². The fraction of sp³-hybridized carbons (Fsp3) is 0.800. The minimum atomic E-state index is -0.448. The molecule has 1 saturated heterocycles. The standard InChI is InChI=1S/C10H18N2O4/c1-3-15-9(13)8-6-5-7-12(11-8)10(14)16-4-2/h8,11H,3-7H2,1-2H3. The number of esters is 1. The molecule has 0 spiro atoms. The first-order chi connectivity index (χ1) is 7.69. The van der Waals surface area contributed by atoms with Crippen molar-refractivity contribution in [2.75, 3.05) is 19.8 Å². The summed E-state index contributed by atoms with van der Waals surface area (Å²) >= 11 is 0. The summed E-state index contributed by atoms with van der Waals surface area (Å²) in [7, 11) is 0. The number of ether oxygens (including phenoxy) is 2. The maximum Gasteiger partial charge on any atom is 0.424 e. The van der Waals surface area contributed by atoms with Crippen molar-refractivity contribution >= 4 is 12.1 Å². The number of carbonyl (C=O) groups excluding carboxylic acids is 2. The normalized spacial score (nSPS) is 20.4. The summed E-state index contributed by atoms with van der Waals surface area (Å²) in [5.74, 6) is -0.323. The molecule has 1 N–H and O–H groups in total. The zero-order valence-electron chi connectivity index (χ0n) is 9.69. The number of hydrogen-bond donors (Lipinski definition) is 1. The van der Waals surface area contributed by atoms with Crippen LogP contribution in [0.15, 0.2) is 0 Å². The Kier molecular flexibility index (Phi) is 5.04. The smallest absolute Gasteiger partial charge is 0.424 e. The lowest BCUT2D eigenvalue weighted by molar-refractivity contribution is -0.148. The second-order valence-electron chi connectivity index (χ2n) is 3.43. The van der Waals surface area contributed by atoms with E-state index in [1.807, 2.05) is 0 Å². The Bertz CT molecular complexity index is 233. The zero-order chi connectivity index (χ0) is 12.0. The quantitative estimate of drug-likeness (QED) is 0.722. The van der Waals surface area contributed by atoms with Crippen LogP contribution in [0.2, 0.25) is 0 Å². The molecule has 1 atom stereocenters. The molecule has 1 unspecified atom stereocenters. The summed E-state index contributed by atoms with van der Waals surface area (Å²) in [5.41, 5.74) is 2.81. The fourth-order valence-corrected chi connectivity index (χ4v) is 1.53. The average molecular weight is 230 g/mol. The monoisotopic (exact) mass is 230 g/mol. The molecule has 1 fully saturated rings. The van der Waals surface area contributed by atoms with Gasteiger partial charge in [-0.05, 0) is 26.7 Å². The third-order valence-electron chi connectivity index (χ3n) is 2.25. The van der Waals surface area contributed by atoms with E-state index in [0.717, 1.165) is 6.42 Å². The van der Waals surface area contributed by atoms with Crippen LogP contribution in [-0.2, 0) is 14.3 Å². The van der Waals surface area contributed by atoms with Crippen molar-refractivity contribution in [2.24, 2.45) is 0 Å². The van der Waals surface area contributed by atoms with Crippen LogP contribution >= 0.6 is 0 Å². The fourth-order valence-electron chi connectivity index (χ4n) is 1.53. The Balaban J connectivity index is 2.46. The van der Waals surface area contributed by atoms with E-state index < -0.39 is 12.1 Å². The van der Waals surface area contributed by atoms with Gasteiger partial charge in [0.1, 0.15) is 6.04 Å². The average Bonchev–Trinajstić information content (AvgIpc) is 2.30. The summed E-state index contributed by atoms with van der Waals surface area (Å²) in [6, 6.07) is -0.446. The number of nitrogens with one attached hydrogen (secondary N) is 1. The Hall–Kier alpha value is -1.30. The van der Waals surface area contributed by atoms with E-state index >= 15 is 0 Å². The Labute approximate surface area is 94.8 Å². The summed E-state index contributed by atoms with van der Waals surface area (Å²) in [6.07, 6.45) is 0.987. The molecular weight excluding hydrogens is 212 g/mol. The van der Waals surface area contributed by atoms with Crippen LogP contribution in [0, 0.1) is 0 Å². The Morgan fingerprint density at radius 3 is 2.62 bits per heavy atom. The molecule has 1 aliphatic rings. The van der Waals surface area contributed by atoms with Gasteiger partial charge in [-0.2, -0.15) is 0 Å². The molecule has 0 saturated carbocycles. The molecule has 1 amide bonds. The molecule has 1 aliphatic heterocycles. The highest BCUT2D eigenvalue weighted by Crippen LogP contribution is 2.09. The predicted octanol–water partition coefficient (Wildman–Crippen LogP) is 0.675. The molecule has 0 aromatic rings. The first kappa shape index (κ1) is 12.8. The lowest BCUT2D eigenvalue weighted by Gasteiger charge is -2.31. The van der Waals surface area contributed by atoms with Crippen molar-refractivity contribution in [3.8, 4) is 0 Å². The molecule has 6 nitrogen and oxygen atoms in total. The minimum Gasteiger partial charge on any atom is -0.465 e. The van der Waals surface area contributed by atoms with Crippen LogP contribution in [0.5, 0.6) is 0 Å². The molecule has 16 heavy (non-hydrogen) atoms.